The molecule has 0 fully saturated rings. The van der Waals surface area contributed by atoms with Gasteiger partial charge in [-0.25, -0.2) is 14.4 Å². The van der Waals surface area contributed by atoms with Gasteiger partial charge >= 0.3 is 0 Å². The zero-order valence-electron chi connectivity index (χ0n) is 11.5. The van der Waals surface area contributed by atoms with E-state index in [2.05, 4.69) is 29.1 Å². The highest BCUT2D eigenvalue weighted by Crippen LogP contribution is 2.15. The Morgan fingerprint density at radius 1 is 1.37 bits per heavy atom. The maximum absolute atomic E-state index is 13.4. The largest absolute Gasteiger partial charge is 0.312 e. The second-order valence-corrected chi connectivity index (χ2v) is 5.01. The Kier molecular flexibility index (Phi) is 4.27. The Morgan fingerprint density at radius 2 is 2.16 bits per heavy atom. The third kappa shape index (κ3) is 3.38. The first-order valence-corrected chi connectivity index (χ1v) is 6.43. The summed E-state index contributed by atoms with van der Waals surface area (Å²) < 4.78 is 15.2. The van der Waals surface area contributed by atoms with Crippen molar-refractivity contribution in [3.63, 3.8) is 0 Å². The fourth-order valence-electron chi connectivity index (χ4n) is 1.92. The van der Waals surface area contributed by atoms with E-state index in [-0.39, 0.29) is 5.82 Å². The summed E-state index contributed by atoms with van der Waals surface area (Å²) in [7, 11) is 0. The lowest BCUT2D eigenvalue weighted by Crippen LogP contribution is -2.20. The van der Waals surface area contributed by atoms with Crippen LogP contribution in [0.15, 0.2) is 24.7 Å². The van der Waals surface area contributed by atoms with E-state index in [0.29, 0.717) is 12.5 Å². The van der Waals surface area contributed by atoms with Crippen LogP contribution in [0.1, 0.15) is 25.2 Å². The smallest absolute Gasteiger partial charge is 0.142 e. The zero-order valence-corrected chi connectivity index (χ0v) is 11.5. The van der Waals surface area contributed by atoms with Crippen LogP contribution < -0.4 is 5.32 Å². The number of halogens is 1. The van der Waals surface area contributed by atoms with Gasteiger partial charge in [-0.15, -0.1) is 0 Å². The minimum absolute atomic E-state index is 0.317. The van der Waals surface area contributed by atoms with Gasteiger partial charge in [0.2, 0.25) is 0 Å². The SMILES string of the molecule is Cc1nccn1-c1ncc(F)cc1CNCC(C)C. The van der Waals surface area contributed by atoms with Crippen LogP contribution in [-0.2, 0) is 6.54 Å². The van der Waals surface area contributed by atoms with Crippen molar-refractivity contribution in [1.29, 1.82) is 0 Å². The van der Waals surface area contributed by atoms with E-state index in [1.807, 2.05) is 17.7 Å². The Labute approximate surface area is 112 Å². The van der Waals surface area contributed by atoms with E-state index in [0.717, 1.165) is 23.8 Å². The molecule has 0 saturated heterocycles. The van der Waals surface area contributed by atoms with E-state index >= 15 is 0 Å². The number of rotatable bonds is 5. The highest BCUT2D eigenvalue weighted by Gasteiger charge is 2.10. The molecular weight excluding hydrogens is 243 g/mol. The van der Waals surface area contributed by atoms with Gasteiger partial charge < -0.3 is 5.32 Å². The minimum Gasteiger partial charge on any atom is -0.312 e. The van der Waals surface area contributed by atoms with Gasteiger partial charge in [-0.2, -0.15) is 0 Å². The normalized spacial score (nSPS) is 11.2. The number of imidazole rings is 1. The van der Waals surface area contributed by atoms with Gasteiger partial charge in [0.15, 0.2) is 0 Å². The molecule has 0 unspecified atom stereocenters. The van der Waals surface area contributed by atoms with E-state index < -0.39 is 0 Å². The number of nitrogens with zero attached hydrogens (tertiary/aromatic N) is 3. The van der Waals surface area contributed by atoms with Crippen molar-refractivity contribution in [3.05, 3.63) is 41.9 Å². The van der Waals surface area contributed by atoms with E-state index in [1.54, 1.807) is 6.20 Å². The molecule has 2 heterocycles. The van der Waals surface area contributed by atoms with Gasteiger partial charge in [-0.05, 0) is 25.5 Å². The van der Waals surface area contributed by atoms with Crippen LogP contribution >= 0.6 is 0 Å². The summed E-state index contributed by atoms with van der Waals surface area (Å²) in [4.78, 5) is 8.36. The summed E-state index contributed by atoms with van der Waals surface area (Å²) in [6.07, 6.45) is 4.79. The average molecular weight is 262 g/mol. The Balaban J connectivity index is 2.26. The number of hydrogen-bond acceptors (Lipinski definition) is 3. The fourth-order valence-corrected chi connectivity index (χ4v) is 1.92. The van der Waals surface area contributed by atoms with Crippen LogP contribution in [0, 0.1) is 18.7 Å². The van der Waals surface area contributed by atoms with E-state index in [4.69, 9.17) is 0 Å². The highest BCUT2D eigenvalue weighted by atomic mass is 19.1. The van der Waals surface area contributed by atoms with Gasteiger partial charge in [0.1, 0.15) is 17.5 Å². The highest BCUT2D eigenvalue weighted by molar-refractivity contribution is 5.35. The summed E-state index contributed by atoms with van der Waals surface area (Å²) in [5, 5.41) is 3.31. The maximum atomic E-state index is 13.4. The molecule has 102 valence electrons. The monoisotopic (exact) mass is 262 g/mol. The van der Waals surface area contributed by atoms with Crippen LogP contribution in [0.4, 0.5) is 4.39 Å². The predicted molar refractivity (Wildman–Crippen MR) is 72.6 cm³/mol. The average Bonchev–Trinajstić information content (AvgIpc) is 2.75. The molecule has 0 aliphatic carbocycles. The van der Waals surface area contributed by atoms with Crippen LogP contribution in [0.25, 0.3) is 5.82 Å². The summed E-state index contributed by atoms with van der Waals surface area (Å²) in [5.74, 6) is 1.81. The Morgan fingerprint density at radius 3 is 2.79 bits per heavy atom. The first-order valence-electron chi connectivity index (χ1n) is 6.43. The van der Waals surface area contributed by atoms with Crippen molar-refractivity contribution >= 4 is 0 Å². The van der Waals surface area contributed by atoms with Gasteiger partial charge in [-0.1, -0.05) is 13.8 Å². The van der Waals surface area contributed by atoms with Gasteiger partial charge in [-0.3, -0.25) is 4.57 Å². The summed E-state index contributed by atoms with van der Waals surface area (Å²) in [6, 6.07) is 1.52. The standard InChI is InChI=1S/C14H19FN4/c1-10(2)7-16-8-12-6-13(15)9-18-14(12)19-5-4-17-11(19)3/h4-6,9-10,16H,7-8H2,1-3H3. The minimum atomic E-state index is -0.317. The molecular formula is C14H19FN4. The molecule has 0 aromatic carbocycles. The zero-order chi connectivity index (χ0) is 13.8. The number of nitrogens with one attached hydrogen (secondary N) is 1. The molecule has 2 aromatic heterocycles. The molecule has 0 bridgehead atoms. The van der Waals surface area contributed by atoms with E-state index in [9.17, 15) is 4.39 Å². The lowest BCUT2D eigenvalue weighted by Gasteiger charge is -2.12. The van der Waals surface area contributed by atoms with Crippen molar-refractivity contribution in [2.75, 3.05) is 6.54 Å². The molecule has 0 atom stereocenters. The second kappa shape index (κ2) is 5.93. The predicted octanol–water partition coefficient (Wildman–Crippen LogP) is 2.46. The Bertz CT molecular complexity index is 548. The van der Waals surface area contributed by atoms with Gasteiger partial charge in [0, 0.05) is 24.5 Å². The van der Waals surface area contributed by atoms with Crippen molar-refractivity contribution in [3.8, 4) is 5.82 Å². The summed E-state index contributed by atoms with van der Waals surface area (Å²) in [6.45, 7) is 7.65. The third-order valence-electron chi connectivity index (χ3n) is 2.83. The van der Waals surface area contributed by atoms with Gasteiger partial charge in [0.05, 0.1) is 6.20 Å². The third-order valence-corrected chi connectivity index (χ3v) is 2.83. The first-order chi connectivity index (χ1) is 9.08. The van der Waals surface area contributed by atoms with Crippen molar-refractivity contribution < 1.29 is 4.39 Å². The molecule has 2 aromatic rings. The molecule has 19 heavy (non-hydrogen) atoms. The number of aryl methyl sites for hydroxylation is 1. The summed E-state index contributed by atoms with van der Waals surface area (Å²) >= 11 is 0. The van der Waals surface area contributed by atoms with Crippen LogP contribution in [-0.4, -0.2) is 21.1 Å². The van der Waals surface area contributed by atoms with Crippen molar-refractivity contribution in [2.24, 2.45) is 5.92 Å². The molecule has 0 aliphatic rings. The van der Waals surface area contributed by atoms with Gasteiger partial charge in [0.25, 0.3) is 0 Å². The molecule has 4 nitrogen and oxygen atoms in total. The van der Waals surface area contributed by atoms with Crippen molar-refractivity contribution in [1.82, 2.24) is 19.9 Å². The maximum Gasteiger partial charge on any atom is 0.142 e. The molecule has 5 heteroatoms. The number of hydrogen-bond donors (Lipinski definition) is 1. The molecule has 2 rings (SSSR count). The number of pyridine rings is 1. The lowest BCUT2D eigenvalue weighted by molar-refractivity contribution is 0.547. The first kappa shape index (κ1) is 13.7. The lowest BCUT2D eigenvalue weighted by atomic mass is 10.2. The molecule has 0 aliphatic heterocycles. The van der Waals surface area contributed by atoms with Crippen molar-refractivity contribution in [2.45, 2.75) is 27.3 Å². The van der Waals surface area contributed by atoms with Crippen LogP contribution in [0.5, 0.6) is 0 Å². The Hall–Kier alpha value is -1.75. The van der Waals surface area contributed by atoms with E-state index in [1.165, 1.54) is 12.3 Å². The quantitative estimate of drug-likeness (QED) is 0.900. The molecule has 0 radical (unpaired) electrons. The summed E-state index contributed by atoms with van der Waals surface area (Å²) in [5.41, 5.74) is 0.835. The topological polar surface area (TPSA) is 42.7 Å². The molecule has 1 N–H and O–H groups in total. The molecule has 0 saturated carbocycles. The number of aromatic nitrogens is 3. The fraction of sp³-hybridized carbons (Fsp3) is 0.429. The molecule has 0 spiro atoms. The van der Waals surface area contributed by atoms with Crippen LogP contribution in [0.3, 0.4) is 0 Å². The van der Waals surface area contributed by atoms with Crippen LogP contribution in [0.2, 0.25) is 0 Å². The molecule has 0 amide bonds. The second-order valence-electron chi connectivity index (χ2n) is 5.01.